The molecule has 0 rings (SSSR count). The molecule has 0 heterocycles. The predicted octanol–water partition coefficient (Wildman–Crippen LogP) is 0.385. The van der Waals surface area contributed by atoms with Gasteiger partial charge in [-0.2, -0.15) is 0 Å². The molecule has 0 aromatic rings. The standard InChI is InChI=1S/C10H20N2O2/c1-8(2)7-12(5-6-14-4)9(3)10(11)13/h9H,1,5-7H2,2-4H3,(H2,11,13)/t9-/m0/s1. The van der Waals surface area contributed by atoms with Crippen molar-refractivity contribution >= 4 is 5.91 Å². The molecule has 0 saturated heterocycles. The summed E-state index contributed by atoms with van der Waals surface area (Å²) in [6.45, 7) is 9.48. The lowest BCUT2D eigenvalue weighted by molar-refractivity contribution is -0.122. The Balaban J connectivity index is 4.22. The van der Waals surface area contributed by atoms with Gasteiger partial charge in [-0.15, -0.1) is 0 Å². The van der Waals surface area contributed by atoms with Gasteiger partial charge in [-0.1, -0.05) is 12.2 Å². The SMILES string of the molecule is C=C(C)CN(CCOC)[C@@H](C)C(N)=O. The minimum Gasteiger partial charge on any atom is -0.383 e. The lowest BCUT2D eigenvalue weighted by Gasteiger charge is -2.26. The number of hydrogen-bond acceptors (Lipinski definition) is 3. The average molecular weight is 200 g/mol. The highest BCUT2D eigenvalue weighted by Crippen LogP contribution is 2.02. The summed E-state index contributed by atoms with van der Waals surface area (Å²) in [6, 6.07) is -0.276. The molecule has 14 heavy (non-hydrogen) atoms. The number of nitrogens with two attached hydrogens (primary N) is 1. The third kappa shape index (κ3) is 4.99. The van der Waals surface area contributed by atoms with E-state index >= 15 is 0 Å². The van der Waals surface area contributed by atoms with Gasteiger partial charge < -0.3 is 10.5 Å². The van der Waals surface area contributed by atoms with Gasteiger partial charge in [-0.3, -0.25) is 9.69 Å². The van der Waals surface area contributed by atoms with Crippen LogP contribution in [0, 0.1) is 0 Å². The molecular formula is C10H20N2O2. The topological polar surface area (TPSA) is 55.6 Å². The number of ether oxygens (including phenoxy) is 1. The van der Waals surface area contributed by atoms with Crippen molar-refractivity contribution in [1.29, 1.82) is 0 Å². The average Bonchev–Trinajstić information content (AvgIpc) is 2.10. The van der Waals surface area contributed by atoms with E-state index in [1.165, 1.54) is 0 Å². The van der Waals surface area contributed by atoms with Gasteiger partial charge in [0.1, 0.15) is 0 Å². The number of carbonyl (C=O) groups is 1. The van der Waals surface area contributed by atoms with E-state index < -0.39 is 0 Å². The molecule has 0 radical (unpaired) electrons. The molecule has 0 unspecified atom stereocenters. The molecule has 82 valence electrons. The molecule has 0 bridgehead atoms. The van der Waals surface area contributed by atoms with Crippen LogP contribution in [0.4, 0.5) is 0 Å². The van der Waals surface area contributed by atoms with Gasteiger partial charge in [0.2, 0.25) is 5.91 Å². The second-order valence-electron chi connectivity index (χ2n) is 3.50. The monoisotopic (exact) mass is 200 g/mol. The van der Waals surface area contributed by atoms with Crippen molar-refractivity contribution in [3.05, 3.63) is 12.2 Å². The molecule has 0 aliphatic heterocycles. The first-order valence-electron chi connectivity index (χ1n) is 4.65. The zero-order valence-electron chi connectivity index (χ0n) is 9.25. The van der Waals surface area contributed by atoms with Crippen LogP contribution in [0.5, 0.6) is 0 Å². The van der Waals surface area contributed by atoms with Crippen LogP contribution in [0.1, 0.15) is 13.8 Å². The van der Waals surface area contributed by atoms with Crippen molar-refractivity contribution in [3.63, 3.8) is 0 Å². The zero-order valence-corrected chi connectivity index (χ0v) is 9.25. The molecule has 2 N–H and O–H groups in total. The Labute approximate surface area is 85.7 Å². The van der Waals surface area contributed by atoms with Gasteiger partial charge in [0.25, 0.3) is 0 Å². The van der Waals surface area contributed by atoms with Gasteiger partial charge in [0, 0.05) is 20.2 Å². The van der Waals surface area contributed by atoms with E-state index in [0.29, 0.717) is 19.7 Å². The molecular weight excluding hydrogens is 180 g/mol. The summed E-state index contributed by atoms with van der Waals surface area (Å²) in [5.74, 6) is -0.317. The Morgan fingerprint density at radius 3 is 2.57 bits per heavy atom. The largest absolute Gasteiger partial charge is 0.383 e. The van der Waals surface area contributed by atoms with E-state index in [0.717, 1.165) is 5.57 Å². The lowest BCUT2D eigenvalue weighted by Crippen LogP contribution is -2.44. The van der Waals surface area contributed by atoms with Crippen molar-refractivity contribution in [2.24, 2.45) is 5.73 Å². The number of rotatable bonds is 7. The first-order valence-corrected chi connectivity index (χ1v) is 4.65. The molecule has 0 aliphatic rings. The van der Waals surface area contributed by atoms with Crippen molar-refractivity contribution in [3.8, 4) is 0 Å². The van der Waals surface area contributed by atoms with Crippen LogP contribution >= 0.6 is 0 Å². The van der Waals surface area contributed by atoms with E-state index in [9.17, 15) is 4.79 Å². The molecule has 0 aromatic carbocycles. The lowest BCUT2D eigenvalue weighted by atomic mass is 10.2. The molecule has 0 saturated carbocycles. The Kier molecular flexibility index (Phi) is 6.16. The summed E-state index contributed by atoms with van der Waals surface area (Å²) in [6.07, 6.45) is 0. The molecule has 4 heteroatoms. The van der Waals surface area contributed by atoms with Crippen LogP contribution in [-0.4, -0.2) is 43.7 Å². The number of carbonyl (C=O) groups excluding carboxylic acids is 1. The number of methoxy groups -OCH3 is 1. The Bertz CT molecular complexity index is 204. The molecule has 1 atom stereocenters. The minimum atomic E-state index is -0.317. The van der Waals surface area contributed by atoms with Crippen LogP contribution in [-0.2, 0) is 9.53 Å². The maximum absolute atomic E-state index is 11.0. The third-order valence-electron chi connectivity index (χ3n) is 2.02. The number of primary amides is 1. The van der Waals surface area contributed by atoms with E-state index in [4.69, 9.17) is 10.5 Å². The normalized spacial score (nSPS) is 12.9. The highest BCUT2D eigenvalue weighted by atomic mass is 16.5. The predicted molar refractivity (Wildman–Crippen MR) is 56.9 cm³/mol. The molecule has 0 aliphatic carbocycles. The number of nitrogens with zero attached hydrogens (tertiary/aromatic N) is 1. The fraction of sp³-hybridized carbons (Fsp3) is 0.700. The van der Waals surface area contributed by atoms with E-state index in [1.54, 1.807) is 14.0 Å². The molecule has 4 nitrogen and oxygen atoms in total. The van der Waals surface area contributed by atoms with E-state index in [2.05, 4.69) is 6.58 Å². The number of hydrogen-bond donors (Lipinski definition) is 1. The van der Waals surface area contributed by atoms with Crippen LogP contribution in [0.2, 0.25) is 0 Å². The van der Waals surface area contributed by atoms with Crippen molar-refractivity contribution in [2.45, 2.75) is 19.9 Å². The summed E-state index contributed by atoms with van der Waals surface area (Å²) >= 11 is 0. The second kappa shape index (κ2) is 6.56. The van der Waals surface area contributed by atoms with Crippen molar-refractivity contribution < 1.29 is 9.53 Å². The summed E-state index contributed by atoms with van der Waals surface area (Å²) < 4.78 is 4.96. The quantitative estimate of drug-likeness (QED) is 0.605. The van der Waals surface area contributed by atoms with E-state index in [-0.39, 0.29) is 11.9 Å². The Morgan fingerprint density at radius 2 is 2.21 bits per heavy atom. The third-order valence-corrected chi connectivity index (χ3v) is 2.02. The maximum Gasteiger partial charge on any atom is 0.234 e. The van der Waals surface area contributed by atoms with Gasteiger partial charge >= 0.3 is 0 Å². The Hall–Kier alpha value is -0.870. The van der Waals surface area contributed by atoms with Gasteiger partial charge in [-0.05, 0) is 13.8 Å². The molecule has 1 amide bonds. The van der Waals surface area contributed by atoms with Gasteiger partial charge in [0.15, 0.2) is 0 Å². The maximum atomic E-state index is 11.0. The summed E-state index contributed by atoms with van der Waals surface area (Å²) in [5, 5.41) is 0. The first-order chi connectivity index (χ1) is 6.49. The summed E-state index contributed by atoms with van der Waals surface area (Å²) in [7, 11) is 1.63. The fourth-order valence-corrected chi connectivity index (χ4v) is 1.14. The summed E-state index contributed by atoms with van der Waals surface area (Å²) in [4.78, 5) is 12.9. The second-order valence-corrected chi connectivity index (χ2v) is 3.50. The van der Waals surface area contributed by atoms with Crippen molar-refractivity contribution in [1.82, 2.24) is 4.90 Å². The van der Waals surface area contributed by atoms with Crippen LogP contribution in [0.25, 0.3) is 0 Å². The van der Waals surface area contributed by atoms with Gasteiger partial charge in [0.05, 0.1) is 12.6 Å². The first kappa shape index (κ1) is 13.1. The minimum absolute atomic E-state index is 0.276. The molecule has 0 spiro atoms. The van der Waals surface area contributed by atoms with Gasteiger partial charge in [-0.25, -0.2) is 0 Å². The highest BCUT2D eigenvalue weighted by Gasteiger charge is 2.17. The highest BCUT2D eigenvalue weighted by molar-refractivity contribution is 5.79. The zero-order chi connectivity index (χ0) is 11.1. The summed E-state index contributed by atoms with van der Waals surface area (Å²) in [5.41, 5.74) is 6.24. The van der Waals surface area contributed by atoms with Crippen LogP contribution in [0.15, 0.2) is 12.2 Å². The Morgan fingerprint density at radius 1 is 1.64 bits per heavy atom. The number of amides is 1. The van der Waals surface area contributed by atoms with Crippen LogP contribution < -0.4 is 5.73 Å². The van der Waals surface area contributed by atoms with Crippen molar-refractivity contribution in [2.75, 3.05) is 26.8 Å². The fourth-order valence-electron chi connectivity index (χ4n) is 1.14. The smallest absolute Gasteiger partial charge is 0.234 e. The van der Waals surface area contributed by atoms with Crippen LogP contribution in [0.3, 0.4) is 0 Å². The molecule has 0 aromatic heterocycles. The molecule has 0 fully saturated rings. The van der Waals surface area contributed by atoms with E-state index in [1.807, 2.05) is 11.8 Å².